The topological polar surface area (TPSA) is 55.9 Å². The van der Waals surface area contributed by atoms with E-state index in [1.165, 1.54) is 0 Å². The van der Waals surface area contributed by atoms with Gasteiger partial charge in [0.15, 0.2) is 0 Å². The fraction of sp³-hybridized carbons (Fsp3) is 0.308. The average molecular weight is 265 g/mol. The van der Waals surface area contributed by atoms with Gasteiger partial charge in [0.05, 0.1) is 27.8 Å². The van der Waals surface area contributed by atoms with Gasteiger partial charge in [-0.2, -0.15) is 5.10 Å². The Morgan fingerprint density at radius 1 is 1.33 bits per heavy atom. The van der Waals surface area contributed by atoms with Gasteiger partial charge < -0.3 is 11.1 Å². The van der Waals surface area contributed by atoms with E-state index in [-0.39, 0.29) is 0 Å². The lowest BCUT2D eigenvalue weighted by Gasteiger charge is -2.08. The van der Waals surface area contributed by atoms with Gasteiger partial charge >= 0.3 is 0 Å². The smallest absolute Gasteiger partial charge is 0.0835 e. The van der Waals surface area contributed by atoms with Crippen molar-refractivity contribution in [3.05, 3.63) is 40.7 Å². The van der Waals surface area contributed by atoms with Gasteiger partial charge in [0.1, 0.15) is 0 Å². The molecule has 0 saturated heterocycles. The van der Waals surface area contributed by atoms with Crippen LogP contribution in [0.3, 0.4) is 0 Å². The maximum Gasteiger partial charge on any atom is 0.0835 e. The third kappa shape index (κ3) is 2.35. The van der Waals surface area contributed by atoms with Crippen LogP contribution in [0.2, 0.25) is 5.02 Å². The fourth-order valence-corrected chi connectivity index (χ4v) is 2.17. The van der Waals surface area contributed by atoms with E-state index < -0.39 is 0 Å². The molecule has 0 spiro atoms. The first-order chi connectivity index (χ1) is 8.65. The van der Waals surface area contributed by atoms with Crippen LogP contribution in [-0.4, -0.2) is 22.9 Å². The second-order valence-corrected chi connectivity index (χ2v) is 4.53. The van der Waals surface area contributed by atoms with Crippen LogP contribution in [0.15, 0.2) is 24.3 Å². The van der Waals surface area contributed by atoms with Crippen molar-refractivity contribution in [3.63, 3.8) is 0 Å². The van der Waals surface area contributed by atoms with Crippen LogP contribution >= 0.6 is 11.6 Å². The number of hydrogen-bond acceptors (Lipinski definition) is 3. The fourth-order valence-electron chi connectivity index (χ4n) is 1.95. The first-order valence-electron chi connectivity index (χ1n) is 5.90. The summed E-state index contributed by atoms with van der Waals surface area (Å²) in [4.78, 5) is 0. The minimum atomic E-state index is 0.593. The highest BCUT2D eigenvalue weighted by atomic mass is 35.5. The largest absolute Gasteiger partial charge is 0.381 e. The summed E-state index contributed by atoms with van der Waals surface area (Å²) in [5.41, 5.74) is 9.41. The molecule has 4 nitrogen and oxygen atoms in total. The molecule has 0 saturated carbocycles. The molecule has 1 aromatic carbocycles. The number of para-hydroxylation sites is 1. The number of rotatable bonds is 4. The minimum Gasteiger partial charge on any atom is -0.381 e. The van der Waals surface area contributed by atoms with Gasteiger partial charge in [-0.3, -0.25) is 0 Å². The number of aromatic nitrogens is 2. The van der Waals surface area contributed by atoms with Gasteiger partial charge in [0.25, 0.3) is 0 Å². The molecule has 96 valence electrons. The number of nitrogens with two attached hydrogens (primary N) is 1. The van der Waals surface area contributed by atoms with Crippen LogP contribution < -0.4 is 11.1 Å². The summed E-state index contributed by atoms with van der Waals surface area (Å²) in [6, 6.07) is 7.67. The summed E-state index contributed by atoms with van der Waals surface area (Å²) in [6.07, 6.45) is 0. The molecule has 0 aliphatic rings. The summed E-state index contributed by atoms with van der Waals surface area (Å²) in [7, 11) is 0. The van der Waals surface area contributed by atoms with Gasteiger partial charge in [-0.1, -0.05) is 23.7 Å². The van der Waals surface area contributed by atoms with Crippen LogP contribution in [0.1, 0.15) is 11.4 Å². The summed E-state index contributed by atoms with van der Waals surface area (Å²) >= 11 is 6.20. The van der Waals surface area contributed by atoms with Gasteiger partial charge in [0, 0.05) is 13.1 Å². The molecule has 0 unspecified atom stereocenters. The van der Waals surface area contributed by atoms with Crippen LogP contribution in [0.25, 0.3) is 5.69 Å². The van der Waals surface area contributed by atoms with Crippen molar-refractivity contribution < 1.29 is 0 Å². The molecule has 0 amide bonds. The Hall–Kier alpha value is -1.52. The molecule has 18 heavy (non-hydrogen) atoms. The van der Waals surface area contributed by atoms with Crippen LogP contribution in [0.4, 0.5) is 5.69 Å². The van der Waals surface area contributed by atoms with Crippen LogP contribution in [-0.2, 0) is 0 Å². The molecule has 1 heterocycles. The number of anilines is 1. The maximum absolute atomic E-state index is 6.20. The lowest BCUT2D eigenvalue weighted by atomic mass is 10.3. The van der Waals surface area contributed by atoms with E-state index in [2.05, 4.69) is 10.4 Å². The standard InChI is InChI=1S/C13H17ClN4/c1-9-13(16-8-7-15)10(2)18(17-9)12-6-4-3-5-11(12)14/h3-6,16H,7-8,15H2,1-2H3. The van der Waals surface area contributed by atoms with Crippen molar-refractivity contribution in [3.8, 4) is 5.69 Å². The molecule has 0 aliphatic carbocycles. The van der Waals surface area contributed by atoms with Crippen molar-refractivity contribution >= 4 is 17.3 Å². The zero-order valence-electron chi connectivity index (χ0n) is 10.6. The predicted octanol–water partition coefficient (Wildman–Crippen LogP) is 2.51. The summed E-state index contributed by atoms with van der Waals surface area (Å²) < 4.78 is 1.86. The van der Waals surface area contributed by atoms with Crippen LogP contribution in [0.5, 0.6) is 0 Å². The lowest BCUT2D eigenvalue weighted by Crippen LogP contribution is -2.14. The Kier molecular flexibility index (Phi) is 3.89. The average Bonchev–Trinajstić information content (AvgIpc) is 2.63. The van der Waals surface area contributed by atoms with E-state index in [0.29, 0.717) is 11.6 Å². The lowest BCUT2D eigenvalue weighted by molar-refractivity contribution is 0.834. The Labute approximate surface area is 112 Å². The highest BCUT2D eigenvalue weighted by Gasteiger charge is 2.13. The van der Waals surface area contributed by atoms with E-state index in [1.807, 2.05) is 42.8 Å². The minimum absolute atomic E-state index is 0.593. The number of benzene rings is 1. The molecular formula is C13H17ClN4. The van der Waals surface area contributed by atoms with Crippen molar-refractivity contribution in [2.24, 2.45) is 5.73 Å². The normalized spacial score (nSPS) is 10.7. The van der Waals surface area contributed by atoms with Gasteiger partial charge in [-0.15, -0.1) is 0 Å². The number of nitrogens with one attached hydrogen (secondary N) is 1. The summed E-state index contributed by atoms with van der Waals surface area (Å²) in [5.74, 6) is 0. The zero-order valence-corrected chi connectivity index (χ0v) is 11.3. The molecule has 0 aliphatic heterocycles. The third-order valence-corrected chi connectivity index (χ3v) is 3.14. The summed E-state index contributed by atoms with van der Waals surface area (Å²) in [6.45, 7) is 5.31. The second kappa shape index (κ2) is 5.42. The first-order valence-corrected chi connectivity index (χ1v) is 6.28. The number of nitrogens with zero attached hydrogens (tertiary/aromatic N) is 2. The molecular weight excluding hydrogens is 248 g/mol. The van der Waals surface area contributed by atoms with Crippen molar-refractivity contribution in [1.82, 2.24) is 9.78 Å². The molecule has 0 atom stereocenters. The molecule has 2 aromatic rings. The highest BCUT2D eigenvalue weighted by Crippen LogP contribution is 2.26. The number of halogens is 1. The monoisotopic (exact) mass is 264 g/mol. The molecule has 2 rings (SSSR count). The maximum atomic E-state index is 6.20. The Bertz CT molecular complexity index is 548. The van der Waals surface area contributed by atoms with Crippen molar-refractivity contribution in [2.45, 2.75) is 13.8 Å². The number of hydrogen-bond donors (Lipinski definition) is 2. The van der Waals surface area contributed by atoms with Crippen molar-refractivity contribution in [2.75, 3.05) is 18.4 Å². The van der Waals surface area contributed by atoms with Gasteiger partial charge in [0.2, 0.25) is 0 Å². The first kappa shape index (κ1) is 12.9. The molecule has 1 aromatic heterocycles. The molecule has 3 N–H and O–H groups in total. The predicted molar refractivity (Wildman–Crippen MR) is 75.6 cm³/mol. The molecule has 0 radical (unpaired) electrons. The second-order valence-electron chi connectivity index (χ2n) is 4.12. The van der Waals surface area contributed by atoms with E-state index in [9.17, 15) is 0 Å². The molecule has 0 fully saturated rings. The quantitative estimate of drug-likeness (QED) is 0.892. The van der Waals surface area contributed by atoms with Crippen molar-refractivity contribution in [1.29, 1.82) is 0 Å². The SMILES string of the molecule is Cc1nn(-c2ccccc2Cl)c(C)c1NCCN. The van der Waals surface area contributed by atoms with Gasteiger partial charge in [-0.25, -0.2) is 4.68 Å². The summed E-state index contributed by atoms with van der Waals surface area (Å²) in [5, 5.41) is 8.50. The third-order valence-electron chi connectivity index (χ3n) is 2.82. The molecule has 0 bridgehead atoms. The van der Waals surface area contributed by atoms with E-state index in [1.54, 1.807) is 0 Å². The Morgan fingerprint density at radius 2 is 2.06 bits per heavy atom. The highest BCUT2D eigenvalue weighted by molar-refractivity contribution is 6.32. The van der Waals surface area contributed by atoms with E-state index in [4.69, 9.17) is 17.3 Å². The number of aryl methyl sites for hydroxylation is 1. The van der Waals surface area contributed by atoms with Gasteiger partial charge in [-0.05, 0) is 26.0 Å². The Morgan fingerprint density at radius 3 is 2.72 bits per heavy atom. The Balaban J connectivity index is 2.44. The van der Waals surface area contributed by atoms with E-state index >= 15 is 0 Å². The zero-order chi connectivity index (χ0) is 13.1. The van der Waals surface area contributed by atoms with E-state index in [0.717, 1.165) is 29.3 Å². The van der Waals surface area contributed by atoms with Crippen LogP contribution in [0, 0.1) is 13.8 Å². The molecule has 5 heteroatoms.